The summed E-state index contributed by atoms with van der Waals surface area (Å²) in [4.78, 5) is 25.5. The fraction of sp³-hybridized carbons (Fsp3) is 0.818. The van der Waals surface area contributed by atoms with E-state index in [-0.39, 0.29) is 28.8 Å². The molecule has 1 aliphatic heterocycles. The van der Waals surface area contributed by atoms with Crippen molar-refractivity contribution in [2.75, 3.05) is 6.61 Å². The second-order valence-corrected chi connectivity index (χ2v) is 10.0. The van der Waals surface area contributed by atoms with Crippen molar-refractivity contribution in [2.45, 2.75) is 70.5 Å². The predicted octanol–water partition coefficient (Wildman–Crippen LogP) is 3.57. The van der Waals surface area contributed by atoms with Crippen molar-refractivity contribution in [3.8, 4) is 0 Å². The molecular formula is C22H30O5. The molecule has 8 atom stereocenters. The number of hydrogen-bond donors (Lipinski definition) is 1. The fourth-order valence-corrected chi connectivity index (χ4v) is 8.18. The molecule has 1 heterocycles. The maximum Gasteiger partial charge on any atom is 0.316 e. The van der Waals surface area contributed by atoms with Gasteiger partial charge in [-0.3, -0.25) is 9.59 Å². The summed E-state index contributed by atoms with van der Waals surface area (Å²) in [6.07, 6.45) is 9.12. The van der Waals surface area contributed by atoms with E-state index in [1.807, 2.05) is 13.0 Å². The number of esters is 1. The first-order valence-corrected chi connectivity index (χ1v) is 10.5. The van der Waals surface area contributed by atoms with Crippen molar-refractivity contribution in [3.63, 3.8) is 0 Å². The van der Waals surface area contributed by atoms with Crippen molar-refractivity contribution in [1.29, 1.82) is 0 Å². The summed E-state index contributed by atoms with van der Waals surface area (Å²) in [7, 11) is 0. The normalized spacial score (nSPS) is 54.6. The first-order valence-electron chi connectivity index (χ1n) is 10.5. The molecule has 1 saturated heterocycles. The van der Waals surface area contributed by atoms with Gasteiger partial charge >= 0.3 is 11.9 Å². The lowest BCUT2D eigenvalue weighted by Gasteiger charge is -2.47. The molecule has 5 nitrogen and oxygen atoms in total. The third-order valence-corrected chi connectivity index (χ3v) is 8.96. The van der Waals surface area contributed by atoms with Crippen LogP contribution < -0.4 is 0 Å². The molecular weight excluding hydrogens is 344 g/mol. The van der Waals surface area contributed by atoms with Crippen LogP contribution in [0.15, 0.2) is 12.2 Å². The van der Waals surface area contributed by atoms with Crippen LogP contribution in [0.2, 0.25) is 0 Å². The van der Waals surface area contributed by atoms with Gasteiger partial charge in [-0.15, -0.1) is 0 Å². The van der Waals surface area contributed by atoms with Crippen LogP contribution in [0.25, 0.3) is 0 Å². The van der Waals surface area contributed by atoms with Crippen molar-refractivity contribution in [3.05, 3.63) is 12.2 Å². The van der Waals surface area contributed by atoms with Gasteiger partial charge in [-0.2, -0.15) is 0 Å². The van der Waals surface area contributed by atoms with Gasteiger partial charge in [0, 0.05) is 24.9 Å². The Balaban J connectivity index is 1.65. The smallest absolute Gasteiger partial charge is 0.316 e. The van der Waals surface area contributed by atoms with E-state index in [0.717, 1.165) is 38.7 Å². The monoisotopic (exact) mass is 374 g/mol. The minimum Gasteiger partial charge on any atom is -0.481 e. The minimum absolute atomic E-state index is 0.120. The molecule has 5 heteroatoms. The van der Waals surface area contributed by atoms with Gasteiger partial charge in [0.2, 0.25) is 0 Å². The van der Waals surface area contributed by atoms with E-state index in [2.05, 4.69) is 19.9 Å². The first kappa shape index (κ1) is 17.7. The lowest BCUT2D eigenvalue weighted by atomic mass is 9.62. The van der Waals surface area contributed by atoms with E-state index in [9.17, 15) is 14.7 Å². The zero-order valence-electron chi connectivity index (χ0n) is 16.5. The first-order chi connectivity index (χ1) is 12.8. The fourth-order valence-electron chi connectivity index (χ4n) is 8.18. The highest BCUT2D eigenvalue weighted by Gasteiger charge is 2.82. The van der Waals surface area contributed by atoms with Crippen LogP contribution in [-0.2, 0) is 19.1 Å². The highest BCUT2D eigenvalue weighted by molar-refractivity contribution is 5.86. The van der Waals surface area contributed by atoms with Crippen molar-refractivity contribution in [1.82, 2.24) is 0 Å². The Morgan fingerprint density at radius 2 is 2.22 bits per heavy atom. The standard InChI is InChI=1S/C22H30O5/c1-4-10-26-21-9-6-14-20(12-21,11-13(21)2)15(17(23)24)16-19(3)7-5-8-22(14,16)27-18(19)25/h5,7,13-16H,4,6,8-12H2,1-3H3,(H,23,24)/t13-,14+,15+,16+,19?,20-,21-,22+/m0/s1. The average Bonchev–Trinajstić information content (AvgIpc) is 3.02. The Hall–Kier alpha value is -1.36. The number of aliphatic carboxylic acids is 1. The van der Waals surface area contributed by atoms with Crippen molar-refractivity contribution in [2.24, 2.45) is 34.5 Å². The zero-order chi connectivity index (χ0) is 19.2. The number of ether oxygens (including phenoxy) is 2. The zero-order valence-corrected chi connectivity index (χ0v) is 16.5. The number of carbonyl (C=O) groups is 2. The molecule has 0 aromatic carbocycles. The number of hydrogen-bond acceptors (Lipinski definition) is 4. The Kier molecular flexibility index (Phi) is 3.39. The van der Waals surface area contributed by atoms with Crippen molar-refractivity contribution >= 4 is 11.9 Å². The van der Waals surface area contributed by atoms with Crippen LogP contribution in [0.1, 0.15) is 59.3 Å². The largest absolute Gasteiger partial charge is 0.481 e. The molecule has 1 spiro atoms. The molecule has 0 amide bonds. The van der Waals surface area contributed by atoms with Crippen LogP contribution in [0.3, 0.4) is 0 Å². The summed E-state index contributed by atoms with van der Waals surface area (Å²) < 4.78 is 12.6. The molecule has 1 unspecified atom stereocenters. The Morgan fingerprint density at radius 1 is 1.44 bits per heavy atom. The van der Waals surface area contributed by atoms with E-state index in [1.54, 1.807) is 0 Å². The third kappa shape index (κ3) is 1.81. The van der Waals surface area contributed by atoms with E-state index < -0.39 is 22.9 Å². The molecule has 4 fully saturated rings. The molecule has 5 aliphatic rings. The van der Waals surface area contributed by atoms with E-state index in [4.69, 9.17) is 9.47 Å². The van der Waals surface area contributed by atoms with Crippen LogP contribution in [0.5, 0.6) is 0 Å². The Labute approximate surface area is 160 Å². The third-order valence-electron chi connectivity index (χ3n) is 8.96. The highest BCUT2D eigenvalue weighted by Crippen LogP contribution is 2.78. The summed E-state index contributed by atoms with van der Waals surface area (Å²) in [6.45, 7) is 6.97. The summed E-state index contributed by atoms with van der Waals surface area (Å²) in [5.74, 6) is -1.34. The molecule has 1 N–H and O–H groups in total. The topological polar surface area (TPSA) is 72.8 Å². The lowest BCUT2D eigenvalue weighted by molar-refractivity contribution is -0.164. The van der Waals surface area contributed by atoms with E-state index >= 15 is 0 Å². The predicted molar refractivity (Wildman–Crippen MR) is 97.8 cm³/mol. The molecule has 0 radical (unpaired) electrons. The molecule has 5 rings (SSSR count). The highest BCUT2D eigenvalue weighted by atomic mass is 16.6. The van der Waals surface area contributed by atoms with Gasteiger partial charge in [-0.25, -0.2) is 0 Å². The lowest BCUT2D eigenvalue weighted by Crippen LogP contribution is -2.48. The van der Waals surface area contributed by atoms with Gasteiger partial charge in [0.05, 0.1) is 16.9 Å². The summed E-state index contributed by atoms with van der Waals surface area (Å²) in [6, 6.07) is 0. The Morgan fingerprint density at radius 3 is 2.93 bits per heavy atom. The van der Waals surface area contributed by atoms with Crippen LogP contribution in [0.4, 0.5) is 0 Å². The number of carboxylic acid groups (broad SMARTS) is 1. The van der Waals surface area contributed by atoms with Crippen LogP contribution in [0, 0.1) is 34.5 Å². The van der Waals surface area contributed by atoms with Gasteiger partial charge in [-0.1, -0.05) is 26.0 Å². The van der Waals surface area contributed by atoms with Crippen LogP contribution >= 0.6 is 0 Å². The summed E-state index contributed by atoms with van der Waals surface area (Å²) in [5.41, 5.74) is -1.98. The Bertz CT molecular complexity index is 745. The molecule has 3 saturated carbocycles. The molecule has 4 aliphatic carbocycles. The van der Waals surface area contributed by atoms with Gasteiger partial charge < -0.3 is 14.6 Å². The quantitative estimate of drug-likeness (QED) is 0.602. The van der Waals surface area contributed by atoms with Gasteiger partial charge in [-0.05, 0) is 50.4 Å². The molecule has 27 heavy (non-hydrogen) atoms. The number of rotatable bonds is 4. The number of carboxylic acids is 1. The van der Waals surface area contributed by atoms with Crippen LogP contribution in [-0.4, -0.2) is 34.9 Å². The number of carbonyl (C=O) groups excluding carboxylic acids is 1. The average molecular weight is 374 g/mol. The van der Waals surface area contributed by atoms with Crippen molar-refractivity contribution < 1.29 is 24.2 Å². The minimum atomic E-state index is -0.813. The maximum atomic E-state index is 12.8. The van der Waals surface area contributed by atoms with Gasteiger partial charge in [0.15, 0.2) is 0 Å². The number of fused-ring (bicyclic) bond motifs is 1. The molecule has 0 aromatic rings. The second kappa shape index (κ2) is 5.16. The molecule has 0 aromatic heterocycles. The SMILES string of the molecule is CCCO[C@]12CC[C@@H]3[C@](C[C@@H]1C)(C2)[C@@H](C(=O)O)[C@@H]1C2(C)C=CC[C@]13OC2=O. The van der Waals surface area contributed by atoms with E-state index in [0.29, 0.717) is 12.3 Å². The van der Waals surface area contributed by atoms with E-state index in [1.165, 1.54) is 0 Å². The van der Waals surface area contributed by atoms with Gasteiger partial charge in [0.25, 0.3) is 0 Å². The molecule has 4 bridgehead atoms. The second-order valence-electron chi connectivity index (χ2n) is 10.0. The molecule has 148 valence electrons. The summed E-state index contributed by atoms with van der Waals surface area (Å²) >= 11 is 0. The van der Waals surface area contributed by atoms with Gasteiger partial charge in [0.1, 0.15) is 5.60 Å². The maximum absolute atomic E-state index is 12.8. The summed E-state index contributed by atoms with van der Waals surface area (Å²) in [5, 5.41) is 10.4.